The third kappa shape index (κ3) is 8.08. The van der Waals surface area contributed by atoms with E-state index in [0.717, 1.165) is 27.7 Å². The summed E-state index contributed by atoms with van der Waals surface area (Å²) in [5.41, 5.74) is 3.63. The maximum atomic E-state index is 11.3. The molecule has 8 heteroatoms. The zero-order chi connectivity index (χ0) is 24.7. The minimum Gasteiger partial charge on any atom is -0.481 e. The van der Waals surface area contributed by atoms with E-state index in [0.29, 0.717) is 10.8 Å². The number of pyridine rings is 1. The molecule has 3 aromatic rings. The average molecular weight is 516 g/mol. The molecule has 0 amide bonds. The molecular weight excluding hydrogens is 490 g/mol. The summed E-state index contributed by atoms with van der Waals surface area (Å²) in [6.07, 6.45) is 3.99. The van der Waals surface area contributed by atoms with Gasteiger partial charge in [-0.15, -0.1) is 23.5 Å². The summed E-state index contributed by atoms with van der Waals surface area (Å²) in [6, 6.07) is 17.6. The van der Waals surface area contributed by atoms with Crippen LogP contribution in [0, 0.1) is 0 Å². The Balaban J connectivity index is 1.82. The average Bonchev–Trinajstić information content (AvgIpc) is 2.75. The number of carbonyl (C=O) groups is 2. The first-order chi connectivity index (χ1) is 16.1. The number of aromatic nitrogens is 1. The molecule has 0 bridgehead atoms. The second kappa shape index (κ2) is 11.8. The van der Waals surface area contributed by atoms with Crippen LogP contribution in [-0.4, -0.2) is 37.6 Å². The highest BCUT2D eigenvalue weighted by molar-refractivity contribution is 8.16. The van der Waals surface area contributed by atoms with Crippen LogP contribution in [0.25, 0.3) is 23.1 Å². The number of hydrogen-bond donors (Lipinski definition) is 2. The lowest BCUT2D eigenvalue weighted by atomic mass is 10.1. The van der Waals surface area contributed by atoms with E-state index < -0.39 is 16.7 Å². The number of carboxylic acids is 2. The summed E-state index contributed by atoms with van der Waals surface area (Å²) < 4.78 is -0.600. The quantitative estimate of drug-likeness (QED) is 0.260. The minimum absolute atomic E-state index is 0.0188. The van der Waals surface area contributed by atoms with Crippen LogP contribution < -0.4 is 0 Å². The van der Waals surface area contributed by atoms with E-state index >= 15 is 0 Å². The Labute approximate surface area is 212 Å². The number of hydrogen-bond acceptors (Lipinski definition) is 5. The molecule has 0 radical (unpaired) electrons. The number of carboxylic acid groups (broad SMARTS) is 2. The molecule has 0 spiro atoms. The predicted octanol–water partition coefficient (Wildman–Crippen LogP) is 7.25. The van der Waals surface area contributed by atoms with Gasteiger partial charge in [-0.1, -0.05) is 61.9 Å². The Morgan fingerprint density at radius 1 is 1.06 bits per heavy atom. The van der Waals surface area contributed by atoms with Crippen LogP contribution in [0.5, 0.6) is 0 Å². The monoisotopic (exact) mass is 515 g/mol. The van der Waals surface area contributed by atoms with E-state index in [1.54, 1.807) is 11.8 Å². The Morgan fingerprint density at radius 3 is 2.56 bits per heavy atom. The highest BCUT2D eigenvalue weighted by atomic mass is 35.5. The van der Waals surface area contributed by atoms with E-state index in [2.05, 4.69) is 11.1 Å². The van der Waals surface area contributed by atoms with E-state index in [-0.39, 0.29) is 17.4 Å². The van der Waals surface area contributed by atoms with Crippen molar-refractivity contribution in [1.82, 2.24) is 4.98 Å². The molecule has 178 valence electrons. The van der Waals surface area contributed by atoms with Crippen molar-refractivity contribution in [2.24, 2.45) is 0 Å². The number of thioether (sulfide) groups is 2. The summed E-state index contributed by atoms with van der Waals surface area (Å²) in [4.78, 5) is 26.9. The van der Waals surface area contributed by atoms with Crippen molar-refractivity contribution in [2.75, 3.05) is 5.75 Å². The van der Waals surface area contributed by atoms with Gasteiger partial charge in [-0.3, -0.25) is 9.59 Å². The number of rotatable bonds is 11. The van der Waals surface area contributed by atoms with Crippen molar-refractivity contribution in [1.29, 1.82) is 0 Å². The number of halogens is 1. The van der Waals surface area contributed by atoms with Gasteiger partial charge in [0, 0.05) is 20.9 Å². The van der Waals surface area contributed by atoms with Crippen LogP contribution in [-0.2, 0) is 9.59 Å². The summed E-state index contributed by atoms with van der Waals surface area (Å²) >= 11 is 9.16. The minimum atomic E-state index is -0.854. The van der Waals surface area contributed by atoms with Crippen LogP contribution in [0.4, 0.5) is 0 Å². The van der Waals surface area contributed by atoms with Gasteiger partial charge in [0.2, 0.25) is 0 Å². The van der Waals surface area contributed by atoms with Gasteiger partial charge in [-0.05, 0) is 41.5 Å². The van der Waals surface area contributed by atoms with Gasteiger partial charge in [-0.25, -0.2) is 4.98 Å². The fourth-order valence-electron chi connectivity index (χ4n) is 3.34. The second-order valence-electron chi connectivity index (χ2n) is 8.37. The molecule has 1 heterocycles. The summed E-state index contributed by atoms with van der Waals surface area (Å²) in [5, 5.41) is 20.0. The Hall–Kier alpha value is -2.48. The van der Waals surface area contributed by atoms with Crippen LogP contribution in [0.15, 0.2) is 54.6 Å². The smallest absolute Gasteiger partial charge is 0.304 e. The van der Waals surface area contributed by atoms with Crippen molar-refractivity contribution in [3.05, 3.63) is 76.4 Å². The zero-order valence-electron chi connectivity index (χ0n) is 18.9. The van der Waals surface area contributed by atoms with Crippen molar-refractivity contribution in [2.45, 2.75) is 36.0 Å². The lowest BCUT2D eigenvalue weighted by Crippen LogP contribution is -2.21. The number of nitrogens with zero attached hydrogens (tertiary/aromatic N) is 1. The van der Waals surface area contributed by atoms with Gasteiger partial charge >= 0.3 is 11.9 Å². The van der Waals surface area contributed by atoms with Crippen molar-refractivity contribution >= 4 is 70.1 Å². The fraction of sp³-hybridized carbons (Fsp3) is 0.269. The molecule has 5 nitrogen and oxygen atoms in total. The molecule has 0 aliphatic rings. The molecule has 0 saturated heterocycles. The van der Waals surface area contributed by atoms with Crippen LogP contribution in [0.3, 0.4) is 0 Å². The van der Waals surface area contributed by atoms with Gasteiger partial charge in [0.05, 0.1) is 28.6 Å². The van der Waals surface area contributed by atoms with E-state index in [4.69, 9.17) is 16.7 Å². The van der Waals surface area contributed by atoms with Gasteiger partial charge in [0.15, 0.2) is 0 Å². The first kappa shape index (κ1) is 26.1. The molecule has 1 atom stereocenters. The largest absolute Gasteiger partial charge is 0.481 e. The van der Waals surface area contributed by atoms with E-state index in [1.165, 1.54) is 11.8 Å². The molecule has 34 heavy (non-hydrogen) atoms. The van der Waals surface area contributed by atoms with Crippen molar-refractivity contribution in [3.8, 4) is 0 Å². The SMILES string of the molecule is CC(C)(CC(=O)O)S[C@@H](SCCC(=O)O)c1cccc(/C=C/c2ccc3ccc(Cl)cc3n2)c1. The number of aliphatic carboxylic acids is 2. The first-order valence-corrected chi connectivity index (χ1v) is 13.0. The molecule has 3 rings (SSSR count). The topological polar surface area (TPSA) is 87.5 Å². The maximum Gasteiger partial charge on any atom is 0.304 e. The zero-order valence-corrected chi connectivity index (χ0v) is 21.3. The van der Waals surface area contributed by atoms with Crippen molar-refractivity contribution in [3.63, 3.8) is 0 Å². The summed E-state index contributed by atoms with van der Waals surface area (Å²) in [7, 11) is 0. The Bertz CT molecular complexity index is 1210. The van der Waals surface area contributed by atoms with Crippen LogP contribution >= 0.6 is 35.1 Å². The number of benzene rings is 2. The van der Waals surface area contributed by atoms with Crippen LogP contribution in [0.1, 0.15) is 48.1 Å². The highest BCUT2D eigenvalue weighted by Crippen LogP contribution is 2.47. The standard InChI is InChI=1S/C26H26ClNO4S2/c1-26(2,16-24(31)32)34-25(33-13-12-23(29)30)19-5-3-4-17(14-19)6-10-21-11-8-18-7-9-20(27)15-22(18)28-21/h3-11,14-15,25H,12-13,16H2,1-2H3,(H,29,30)(H,31,32)/b10-6+/t25-/m1/s1. The predicted molar refractivity (Wildman–Crippen MR) is 143 cm³/mol. The molecule has 0 aliphatic heterocycles. The maximum absolute atomic E-state index is 11.3. The molecule has 0 aliphatic carbocycles. The summed E-state index contributed by atoms with van der Waals surface area (Å²) in [5.74, 6) is -1.26. The highest BCUT2D eigenvalue weighted by Gasteiger charge is 2.28. The third-order valence-corrected chi connectivity index (χ3v) is 8.11. The van der Waals surface area contributed by atoms with Gasteiger partial charge < -0.3 is 10.2 Å². The Morgan fingerprint density at radius 2 is 1.82 bits per heavy atom. The second-order valence-corrected chi connectivity index (χ2v) is 12.1. The van der Waals surface area contributed by atoms with E-state index in [9.17, 15) is 14.7 Å². The third-order valence-electron chi connectivity index (χ3n) is 4.89. The molecule has 2 N–H and O–H groups in total. The Kier molecular flexibility index (Phi) is 9.05. The molecule has 0 unspecified atom stereocenters. The molecule has 0 saturated carbocycles. The number of fused-ring (bicyclic) bond motifs is 1. The molecule has 1 aromatic heterocycles. The van der Waals surface area contributed by atoms with Gasteiger partial charge in [-0.2, -0.15) is 0 Å². The lowest BCUT2D eigenvalue weighted by Gasteiger charge is -2.28. The molecular formula is C26H26ClNO4S2. The normalized spacial score (nSPS) is 12.8. The molecule has 2 aromatic carbocycles. The first-order valence-electron chi connectivity index (χ1n) is 10.7. The van der Waals surface area contributed by atoms with Crippen molar-refractivity contribution < 1.29 is 19.8 Å². The molecule has 0 fully saturated rings. The fourth-order valence-corrected chi connectivity index (χ4v) is 6.76. The van der Waals surface area contributed by atoms with Gasteiger partial charge in [0.1, 0.15) is 0 Å². The van der Waals surface area contributed by atoms with Crippen LogP contribution in [0.2, 0.25) is 5.02 Å². The lowest BCUT2D eigenvalue weighted by molar-refractivity contribution is -0.138. The summed E-state index contributed by atoms with van der Waals surface area (Å²) in [6.45, 7) is 3.80. The van der Waals surface area contributed by atoms with E-state index in [1.807, 2.05) is 74.5 Å². The van der Waals surface area contributed by atoms with Gasteiger partial charge in [0.25, 0.3) is 0 Å².